The molecule has 23 heavy (non-hydrogen) atoms. The molecule has 1 aromatic carbocycles. The van der Waals surface area contributed by atoms with E-state index >= 15 is 0 Å². The smallest absolute Gasteiger partial charge is 0.0705 e. The minimum absolute atomic E-state index is 0.490. The van der Waals surface area contributed by atoms with Gasteiger partial charge in [0.1, 0.15) is 0 Å². The van der Waals surface area contributed by atoms with Crippen LogP contribution in [0.3, 0.4) is 0 Å². The number of para-hydroxylation sites is 1. The molecule has 1 fully saturated rings. The van der Waals surface area contributed by atoms with Gasteiger partial charge in [0.25, 0.3) is 0 Å². The standard InChI is InChI=1S/C19H22N4/c1-14-11-15(2)23(21-14)18-9-10-22(13-18)12-17-8-7-16-5-3-4-6-19(16)20-17/h3-8,11,18H,9-10,12-13H2,1-2H3. The quantitative estimate of drug-likeness (QED) is 0.743. The summed E-state index contributed by atoms with van der Waals surface area (Å²) in [6.45, 7) is 7.29. The van der Waals surface area contributed by atoms with Crippen LogP contribution in [-0.4, -0.2) is 32.8 Å². The topological polar surface area (TPSA) is 34.0 Å². The highest BCUT2D eigenvalue weighted by Gasteiger charge is 2.25. The van der Waals surface area contributed by atoms with Gasteiger partial charge in [-0.25, -0.2) is 0 Å². The molecular formula is C19H22N4. The Kier molecular flexibility index (Phi) is 3.62. The van der Waals surface area contributed by atoms with Crippen molar-refractivity contribution in [1.29, 1.82) is 0 Å². The number of aryl methyl sites for hydroxylation is 2. The van der Waals surface area contributed by atoms with Crippen LogP contribution >= 0.6 is 0 Å². The van der Waals surface area contributed by atoms with Gasteiger partial charge in [0.05, 0.1) is 22.9 Å². The van der Waals surface area contributed by atoms with E-state index in [4.69, 9.17) is 4.98 Å². The maximum Gasteiger partial charge on any atom is 0.0705 e. The molecular weight excluding hydrogens is 284 g/mol. The van der Waals surface area contributed by atoms with Gasteiger partial charge in [-0.05, 0) is 38.5 Å². The largest absolute Gasteiger partial charge is 0.295 e. The Hall–Kier alpha value is -2.20. The Morgan fingerprint density at radius 2 is 2.00 bits per heavy atom. The Balaban J connectivity index is 1.48. The summed E-state index contributed by atoms with van der Waals surface area (Å²) in [6.07, 6.45) is 1.16. The van der Waals surface area contributed by atoms with Gasteiger partial charge in [-0.15, -0.1) is 0 Å². The third-order valence-electron chi connectivity index (χ3n) is 4.68. The molecule has 3 aromatic rings. The molecule has 1 saturated heterocycles. The van der Waals surface area contributed by atoms with E-state index in [1.54, 1.807) is 0 Å². The zero-order chi connectivity index (χ0) is 15.8. The summed E-state index contributed by atoms with van der Waals surface area (Å²) >= 11 is 0. The Bertz CT molecular complexity index is 836. The van der Waals surface area contributed by atoms with Crippen molar-refractivity contribution in [3.63, 3.8) is 0 Å². The van der Waals surface area contributed by atoms with Crippen LogP contribution in [0.2, 0.25) is 0 Å². The number of pyridine rings is 1. The number of rotatable bonds is 3. The fraction of sp³-hybridized carbons (Fsp3) is 0.368. The number of likely N-dealkylation sites (tertiary alicyclic amines) is 1. The summed E-state index contributed by atoms with van der Waals surface area (Å²) in [5.41, 5.74) is 4.60. The van der Waals surface area contributed by atoms with E-state index < -0.39 is 0 Å². The van der Waals surface area contributed by atoms with Gasteiger partial charge in [-0.2, -0.15) is 5.10 Å². The summed E-state index contributed by atoms with van der Waals surface area (Å²) in [6, 6.07) is 15.3. The minimum atomic E-state index is 0.490. The van der Waals surface area contributed by atoms with Crippen LogP contribution in [0.5, 0.6) is 0 Å². The molecule has 2 aromatic heterocycles. The van der Waals surface area contributed by atoms with Gasteiger partial charge in [-0.1, -0.05) is 24.3 Å². The van der Waals surface area contributed by atoms with Crippen LogP contribution in [0.25, 0.3) is 10.9 Å². The number of fused-ring (bicyclic) bond motifs is 1. The molecule has 0 spiro atoms. The van der Waals surface area contributed by atoms with Crippen LogP contribution in [0.1, 0.15) is 29.5 Å². The SMILES string of the molecule is Cc1cc(C)n(C2CCN(Cc3ccc4ccccc4n3)C2)n1. The van der Waals surface area contributed by atoms with E-state index in [0.29, 0.717) is 6.04 Å². The Morgan fingerprint density at radius 3 is 2.83 bits per heavy atom. The average Bonchev–Trinajstić information content (AvgIpc) is 3.13. The predicted molar refractivity (Wildman–Crippen MR) is 92.4 cm³/mol. The van der Waals surface area contributed by atoms with Crippen molar-refractivity contribution < 1.29 is 0 Å². The highest BCUT2D eigenvalue weighted by atomic mass is 15.3. The second-order valence-corrected chi connectivity index (χ2v) is 6.54. The van der Waals surface area contributed by atoms with Crippen LogP contribution < -0.4 is 0 Å². The molecule has 4 heteroatoms. The number of nitrogens with zero attached hydrogens (tertiary/aromatic N) is 4. The van der Waals surface area contributed by atoms with Crippen molar-refractivity contribution in [3.8, 4) is 0 Å². The monoisotopic (exact) mass is 306 g/mol. The van der Waals surface area contributed by atoms with Gasteiger partial charge in [0, 0.05) is 30.7 Å². The van der Waals surface area contributed by atoms with Gasteiger partial charge in [-0.3, -0.25) is 14.6 Å². The van der Waals surface area contributed by atoms with E-state index in [-0.39, 0.29) is 0 Å². The van der Waals surface area contributed by atoms with Crippen molar-refractivity contribution in [2.24, 2.45) is 0 Å². The van der Waals surface area contributed by atoms with Crippen molar-refractivity contribution in [1.82, 2.24) is 19.7 Å². The van der Waals surface area contributed by atoms with Crippen LogP contribution in [0, 0.1) is 13.8 Å². The molecule has 1 atom stereocenters. The maximum absolute atomic E-state index is 4.79. The van der Waals surface area contributed by atoms with Crippen molar-refractivity contribution in [2.75, 3.05) is 13.1 Å². The fourth-order valence-electron chi connectivity index (χ4n) is 3.60. The summed E-state index contributed by atoms with van der Waals surface area (Å²) < 4.78 is 2.20. The summed E-state index contributed by atoms with van der Waals surface area (Å²) in [7, 11) is 0. The van der Waals surface area contributed by atoms with Crippen LogP contribution in [-0.2, 0) is 6.54 Å². The van der Waals surface area contributed by atoms with Gasteiger partial charge >= 0.3 is 0 Å². The summed E-state index contributed by atoms with van der Waals surface area (Å²) in [4.78, 5) is 7.28. The second-order valence-electron chi connectivity index (χ2n) is 6.54. The second kappa shape index (κ2) is 5.78. The minimum Gasteiger partial charge on any atom is -0.295 e. The third kappa shape index (κ3) is 2.86. The predicted octanol–water partition coefficient (Wildman–Crippen LogP) is 3.50. The third-order valence-corrected chi connectivity index (χ3v) is 4.68. The zero-order valence-electron chi connectivity index (χ0n) is 13.7. The first kappa shape index (κ1) is 14.4. The summed E-state index contributed by atoms with van der Waals surface area (Å²) in [5.74, 6) is 0. The highest BCUT2D eigenvalue weighted by Crippen LogP contribution is 2.24. The zero-order valence-corrected chi connectivity index (χ0v) is 13.7. The van der Waals surface area contributed by atoms with E-state index in [2.05, 4.69) is 64.9 Å². The normalized spacial score (nSPS) is 18.8. The van der Waals surface area contributed by atoms with E-state index in [1.165, 1.54) is 11.1 Å². The molecule has 4 rings (SSSR count). The molecule has 0 amide bonds. The Morgan fingerprint density at radius 1 is 1.13 bits per heavy atom. The van der Waals surface area contributed by atoms with Gasteiger partial charge in [0.2, 0.25) is 0 Å². The number of hydrogen-bond donors (Lipinski definition) is 0. The van der Waals surface area contributed by atoms with Crippen LogP contribution in [0.15, 0.2) is 42.5 Å². The molecule has 0 radical (unpaired) electrons. The van der Waals surface area contributed by atoms with Crippen LogP contribution in [0.4, 0.5) is 0 Å². The molecule has 118 valence electrons. The Labute approximate surface area is 136 Å². The van der Waals surface area contributed by atoms with Crippen molar-refractivity contribution >= 4 is 10.9 Å². The molecule has 0 aliphatic carbocycles. The number of hydrogen-bond acceptors (Lipinski definition) is 3. The van der Waals surface area contributed by atoms with E-state index in [0.717, 1.165) is 43.0 Å². The van der Waals surface area contributed by atoms with E-state index in [1.807, 2.05) is 6.07 Å². The van der Waals surface area contributed by atoms with Crippen molar-refractivity contribution in [2.45, 2.75) is 32.9 Å². The first-order chi connectivity index (χ1) is 11.2. The molecule has 4 nitrogen and oxygen atoms in total. The molecule has 1 unspecified atom stereocenters. The highest BCUT2D eigenvalue weighted by molar-refractivity contribution is 5.78. The average molecular weight is 306 g/mol. The van der Waals surface area contributed by atoms with Gasteiger partial charge < -0.3 is 0 Å². The van der Waals surface area contributed by atoms with Crippen molar-refractivity contribution in [3.05, 3.63) is 59.5 Å². The lowest BCUT2D eigenvalue weighted by Crippen LogP contribution is -2.22. The number of aromatic nitrogens is 3. The summed E-state index contributed by atoms with van der Waals surface area (Å²) in [5, 5.41) is 5.86. The first-order valence-electron chi connectivity index (χ1n) is 8.29. The first-order valence-corrected chi connectivity index (χ1v) is 8.29. The van der Waals surface area contributed by atoms with E-state index in [9.17, 15) is 0 Å². The molecule has 0 bridgehead atoms. The maximum atomic E-state index is 4.79. The molecule has 1 aliphatic rings. The molecule has 3 heterocycles. The molecule has 0 saturated carbocycles. The molecule has 1 aliphatic heterocycles. The lowest BCUT2D eigenvalue weighted by molar-refractivity contribution is 0.307. The fourth-order valence-corrected chi connectivity index (χ4v) is 3.60. The molecule has 0 N–H and O–H groups in total. The number of benzene rings is 1. The lowest BCUT2D eigenvalue weighted by Gasteiger charge is -2.17. The lowest BCUT2D eigenvalue weighted by atomic mass is 10.2. The van der Waals surface area contributed by atoms with Gasteiger partial charge in [0.15, 0.2) is 0 Å².